The van der Waals surface area contributed by atoms with Crippen LogP contribution in [0.4, 0.5) is 4.79 Å². The van der Waals surface area contributed by atoms with Crippen LogP contribution < -0.4 is 5.32 Å². The van der Waals surface area contributed by atoms with Crippen molar-refractivity contribution in [2.75, 3.05) is 0 Å². The second kappa shape index (κ2) is 6.95. The zero-order valence-corrected chi connectivity index (χ0v) is 13.1. The first-order valence-electron chi connectivity index (χ1n) is 6.11. The highest BCUT2D eigenvalue weighted by atomic mass is 35.5. The zero-order valence-electron chi connectivity index (χ0n) is 11.6. The van der Waals surface area contributed by atoms with Crippen molar-refractivity contribution >= 4 is 35.6 Å². The zero-order chi connectivity index (χ0) is 15.3. The quantitative estimate of drug-likeness (QED) is 0.849. The van der Waals surface area contributed by atoms with Crippen LogP contribution in [0.5, 0.6) is 0 Å². The summed E-state index contributed by atoms with van der Waals surface area (Å²) in [6.45, 7) is 5.28. The fourth-order valence-electron chi connectivity index (χ4n) is 1.59. The first kappa shape index (κ1) is 16.8. The normalized spacial score (nSPS) is 12.7. The molecule has 1 atom stereocenters. The number of amides is 1. The Bertz CT molecular complexity index is 498. The van der Waals surface area contributed by atoms with Gasteiger partial charge < -0.3 is 14.8 Å². The van der Waals surface area contributed by atoms with Crippen molar-refractivity contribution in [3.05, 3.63) is 33.8 Å². The van der Waals surface area contributed by atoms with Crippen molar-refractivity contribution < 1.29 is 14.3 Å². The fraction of sp³-hybridized carbons (Fsp3) is 0.429. The minimum absolute atomic E-state index is 0.0978. The molecule has 1 rings (SSSR count). The predicted octanol–water partition coefficient (Wildman–Crippen LogP) is 4.15. The third kappa shape index (κ3) is 5.39. The molecule has 0 heterocycles. The highest BCUT2D eigenvalue weighted by Crippen LogP contribution is 2.28. The smallest absolute Gasteiger partial charge is 0.408 e. The Labute approximate surface area is 128 Å². The number of nitrogens with one attached hydrogen (secondary N) is 1. The van der Waals surface area contributed by atoms with Crippen LogP contribution in [0.15, 0.2) is 18.2 Å². The van der Waals surface area contributed by atoms with Crippen LogP contribution in [0, 0.1) is 0 Å². The van der Waals surface area contributed by atoms with Crippen molar-refractivity contribution in [1.82, 2.24) is 5.32 Å². The lowest BCUT2D eigenvalue weighted by Crippen LogP contribution is -2.35. The molecule has 0 aliphatic heterocycles. The van der Waals surface area contributed by atoms with Gasteiger partial charge >= 0.3 is 6.09 Å². The molecule has 1 N–H and O–H groups in total. The second-order valence-electron chi connectivity index (χ2n) is 5.27. The fourth-order valence-corrected chi connectivity index (χ4v) is 2.13. The maximum atomic E-state index is 11.8. The predicted molar refractivity (Wildman–Crippen MR) is 79.3 cm³/mol. The molecule has 0 fully saturated rings. The molecule has 0 spiro atoms. The summed E-state index contributed by atoms with van der Waals surface area (Å²) in [5, 5.41) is 3.51. The molecule has 0 saturated carbocycles. The lowest BCUT2D eigenvalue weighted by atomic mass is 10.0. The van der Waals surface area contributed by atoms with Crippen LogP contribution in [0.3, 0.4) is 0 Å². The van der Waals surface area contributed by atoms with Crippen LogP contribution >= 0.6 is 23.2 Å². The summed E-state index contributed by atoms with van der Waals surface area (Å²) >= 11 is 11.9. The Kier molecular flexibility index (Phi) is 5.84. The molecule has 0 unspecified atom stereocenters. The van der Waals surface area contributed by atoms with Crippen LogP contribution in [0.1, 0.15) is 38.8 Å². The van der Waals surface area contributed by atoms with Crippen LogP contribution in [-0.4, -0.2) is 18.0 Å². The summed E-state index contributed by atoms with van der Waals surface area (Å²) < 4.78 is 5.16. The van der Waals surface area contributed by atoms with Gasteiger partial charge in [-0.15, -0.1) is 0 Å². The number of aldehydes is 1. The number of rotatable bonds is 4. The van der Waals surface area contributed by atoms with Gasteiger partial charge in [-0.25, -0.2) is 4.79 Å². The number of halogens is 2. The Morgan fingerprint density at radius 3 is 2.55 bits per heavy atom. The third-order valence-electron chi connectivity index (χ3n) is 2.36. The molecule has 1 aromatic carbocycles. The van der Waals surface area contributed by atoms with E-state index in [1.54, 1.807) is 39.0 Å². The summed E-state index contributed by atoms with van der Waals surface area (Å²) in [7, 11) is 0. The lowest BCUT2D eigenvalue weighted by Gasteiger charge is -2.23. The van der Waals surface area contributed by atoms with E-state index in [2.05, 4.69) is 5.32 Å². The van der Waals surface area contributed by atoms with Crippen LogP contribution in [0.2, 0.25) is 10.0 Å². The molecule has 0 aromatic heterocycles. The average Bonchev–Trinajstić information content (AvgIpc) is 2.25. The first-order chi connectivity index (χ1) is 9.23. The van der Waals surface area contributed by atoms with Gasteiger partial charge in [0.1, 0.15) is 11.9 Å². The van der Waals surface area contributed by atoms with E-state index in [0.717, 1.165) is 0 Å². The van der Waals surface area contributed by atoms with Crippen LogP contribution in [-0.2, 0) is 9.53 Å². The molecule has 20 heavy (non-hydrogen) atoms. The molecule has 6 heteroatoms. The topological polar surface area (TPSA) is 55.4 Å². The Balaban J connectivity index is 2.89. The monoisotopic (exact) mass is 317 g/mol. The van der Waals surface area contributed by atoms with E-state index < -0.39 is 17.7 Å². The number of hydrogen-bond acceptors (Lipinski definition) is 3. The number of ether oxygens (including phenoxy) is 1. The van der Waals surface area contributed by atoms with Gasteiger partial charge in [0.15, 0.2) is 0 Å². The van der Waals surface area contributed by atoms with Crippen molar-refractivity contribution in [2.45, 2.75) is 38.8 Å². The maximum absolute atomic E-state index is 11.8. The summed E-state index contributed by atoms with van der Waals surface area (Å²) in [5.41, 5.74) is 0.00796. The van der Waals surface area contributed by atoms with E-state index in [-0.39, 0.29) is 6.42 Å². The minimum Gasteiger partial charge on any atom is -0.444 e. The van der Waals surface area contributed by atoms with Crippen LogP contribution in [0.25, 0.3) is 0 Å². The van der Waals surface area contributed by atoms with Crippen molar-refractivity contribution in [1.29, 1.82) is 0 Å². The summed E-state index contributed by atoms with van der Waals surface area (Å²) in [6, 6.07) is 4.34. The summed E-state index contributed by atoms with van der Waals surface area (Å²) in [6.07, 6.45) is 0.212. The molecule has 4 nitrogen and oxygen atoms in total. The highest BCUT2D eigenvalue weighted by Gasteiger charge is 2.21. The standard InChI is InChI=1S/C14H17Cl2NO3/c1-14(2,3)20-13(19)17-12(6-7-18)10-5-4-9(15)8-11(10)16/h4-5,7-8,12H,6H2,1-3H3,(H,17,19)/t12-/m0/s1. The third-order valence-corrected chi connectivity index (χ3v) is 2.92. The first-order valence-corrected chi connectivity index (χ1v) is 6.86. The van der Waals surface area contributed by atoms with Gasteiger partial charge in [0.05, 0.1) is 6.04 Å². The number of carbonyl (C=O) groups excluding carboxylic acids is 2. The maximum Gasteiger partial charge on any atom is 0.408 e. The molecular formula is C14H17Cl2NO3. The van der Waals surface area contributed by atoms with E-state index in [0.29, 0.717) is 21.9 Å². The van der Waals surface area contributed by atoms with E-state index in [1.165, 1.54) is 0 Å². The second-order valence-corrected chi connectivity index (χ2v) is 6.11. The molecule has 0 saturated heterocycles. The number of hydrogen-bond donors (Lipinski definition) is 1. The molecule has 0 bridgehead atoms. The Hall–Kier alpha value is -1.26. The molecule has 1 amide bonds. The van der Waals surface area contributed by atoms with Gasteiger partial charge in [0.25, 0.3) is 0 Å². The number of carbonyl (C=O) groups is 2. The minimum atomic E-state index is -0.612. The molecular weight excluding hydrogens is 301 g/mol. The molecule has 0 radical (unpaired) electrons. The van der Waals surface area contributed by atoms with E-state index in [9.17, 15) is 9.59 Å². The lowest BCUT2D eigenvalue weighted by molar-refractivity contribution is -0.108. The largest absolute Gasteiger partial charge is 0.444 e. The van der Waals surface area contributed by atoms with Gasteiger partial charge in [-0.05, 0) is 38.5 Å². The summed E-state index contributed by atoms with van der Waals surface area (Å²) in [4.78, 5) is 22.5. The highest BCUT2D eigenvalue weighted by molar-refractivity contribution is 6.35. The molecule has 0 aliphatic rings. The van der Waals surface area contributed by atoms with Gasteiger partial charge in [-0.1, -0.05) is 29.3 Å². The van der Waals surface area contributed by atoms with Gasteiger partial charge in [0.2, 0.25) is 0 Å². The van der Waals surface area contributed by atoms with Crippen molar-refractivity contribution in [3.63, 3.8) is 0 Å². The Morgan fingerprint density at radius 1 is 1.40 bits per heavy atom. The van der Waals surface area contributed by atoms with Gasteiger partial charge in [-0.2, -0.15) is 0 Å². The van der Waals surface area contributed by atoms with Crippen molar-refractivity contribution in [3.8, 4) is 0 Å². The van der Waals surface area contributed by atoms with Crippen molar-refractivity contribution in [2.24, 2.45) is 0 Å². The van der Waals surface area contributed by atoms with E-state index in [1.807, 2.05) is 0 Å². The Morgan fingerprint density at radius 2 is 2.05 bits per heavy atom. The van der Waals surface area contributed by atoms with Gasteiger partial charge in [-0.3, -0.25) is 0 Å². The molecule has 0 aliphatic carbocycles. The number of alkyl carbamates (subject to hydrolysis) is 1. The van der Waals surface area contributed by atoms with E-state index in [4.69, 9.17) is 27.9 Å². The molecule has 1 aromatic rings. The molecule has 110 valence electrons. The van der Waals surface area contributed by atoms with E-state index >= 15 is 0 Å². The average molecular weight is 318 g/mol. The summed E-state index contributed by atoms with van der Waals surface area (Å²) in [5.74, 6) is 0. The van der Waals surface area contributed by atoms with Gasteiger partial charge in [0, 0.05) is 16.5 Å². The number of benzene rings is 1. The SMILES string of the molecule is CC(C)(C)OC(=O)N[C@@H](CC=O)c1ccc(Cl)cc1Cl.